The number of Topliss-reactive ketones (excluding diaryl/α,β-unsaturated/α-hetero) is 1. The van der Waals surface area contributed by atoms with Gasteiger partial charge in [-0.25, -0.2) is 0 Å². The number of hydrogen-bond donors (Lipinski definition) is 0. The summed E-state index contributed by atoms with van der Waals surface area (Å²) in [5.74, 6) is -0.357. The topological polar surface area (TPSA) is 46.6 Å². The van der Waals surface area contributed by atoms with Crippen molar-refractivity contribution in [1.29, 1.82) is 0 Å². The molecule has 6 heteroatoms. The highest BCUT2D eigenvalue weighted by molar-refractivity contribution is 6.52. The maximum atomic E-state index is 12.0. The van der Waals surface area contributed by atoms with Crippen LogP contribution in [0, 0.1) is 0 Å². The summed E-state index contributed by atoms with van der Waals surface area (Å²) in [5, 5.41) is 1.07. The molecule has 0 aromatic heterocycles. The molecule has 1 aliphatic rings. The third kappa shape index (κ3) is 3.40. The van der Waals surface area contributed by atoms with Crippen LogP contribution in [0.15, 0.2) is 42.5 Å². The van der Waals surface area contributed by atoms with Gasteiger partial charge in [-0.15, -0.1) is 0 Å². The number of benzene rings is 2. The van der Waals surface area contributed by atoms with Crippen LogP contribution in [-0.4, -0.2) is 24.8 Å². The van der Waals surface area contributed by atoms with Gasteiger partial charge in [0.15, 0.2) is 0 Å². The smallest absolute Gasteiger partial charge is 0.299 e. The molecule has 1 heterocycles. The monoisotopic (exact) mass is 363 g/mol. The molecule has 124 valence electrons. The van der Waals surface area contributed by atoms with E-state index >= 15 is 0 Å². The highest BCUT2D eigenvalue weighted by Crippen LogP contribution is 2.29. The number of amides is 1. The average molecular weight is 364 g/mol. The number of fused-ring (bicyclic) bond motifs is 1. The number of carbonyl (C=O) groups excluding carboxylic acids is 2. The molecule has 0 unspecified atom stereocenters. The number of para-hydroxylation sites is 1. The molecule has 2 aromatic rings. The molecule has 0 spiro atoms. The zero-order valence-electron chi connectivity index (χ0n) is 12.8. The van der Waals surface area contributed by atoms with Crippen molar-refractivity contribution in [2.45, 2.75) is 12.8 Å². The molecule has 3 rings (SSSR count). The Morgan fingerprint density at radius 2 is 1.79 bits per heavy atom. The number of ether oxygens (including phenoxy) is 1. The molecule has 1 amide bonds. The van der Waals surface area contributed by atoms with Gasteiger partial charge >= 0.3 is 0 Å². The molecular formula is C18H15Cl2NO3. The molecule has 0 N–H and O–H groups in total. The zero-order valence-corrected chi connectivity index (χ0v) is 14.3. The third-order valence-electron chi connectivity index (χ3n) is 3.81. The highest BCUT2D eigenvalue weighted by atomic mass is 35.5. The fourth-order valence-corrected chi connectivity index (χ4v) is 2.95. The van der Waals surface area contributed by atoms with Gasteiger partial charge in [0.1, 0.15) is 5.75 Å². The van der Waals surface area contributed by atoms with E-state index in [0.29, 0.717) is 46.6 Å². The van der Waals surface area contributed by atoms with Crippen molar-refractivity contribution in [2.24, 2.45) is 0 Å². The predicted molar refractivity (Wildman–Crippen MR) is 94.3 cm³/mol. The normalized spacial score (nSPS) is 13.3. The van der Waals surface area contributed by atoms with Crippen LogP contribution >= 0.6 is 23.2 Å². The molecule has 1 aliphatic heterocycles. The molecule has 2 aromatic carbocycles. The number of anilines is 1. The molecule has 0 atom stereocenters. The first-order chi connectivity index (χ1) is 11.6. The standard InChI is InChI=1S/C18H15Cl2NO3/c19-12-7-8-14(20)16(11-12)24-10-4-3-9-21-15-6-2-1-5-13(15)17(22)18(21)23/h1-2,5-8,11H,3-4,9-10H2. The van der Waals surface area contributed by atoms with E-state index in [9.17, 15) is 9.59 Å². The van der Waals surface area contributed by atoms with Crippen LogP contribution < -0.4 is 9.64 Å². The summed E-state index contributed by atoms with van der Waals surface area (Å²) in [5.41, 5.74) is 1.16. The minimum atomic E-state index is -0.463. The first kappa shape index (κ1) is 16.8. The Morgan fingerprint density at radius 3 is 2.62 bits per heavy atom. The van der Waals surface area contributed by atoms with Crippen LogP contribution in [0.5, 0.6) is 5.75 Å². The molecule has 24 heavy (non-hydrogen) atoms. The van der Waals surface area contributed by atoms with Crippen LogP contribution in [0.3, 0.4) is 0 Å². The van der Waals surface area contributed by atoms with E-state index in [2.05, 4.69) is 0 Å². The summed E-state index contributed by atoms with van der Waals surface area (Å²) in [6.45, 7) is 0.936. The highest BCUT2D eigenvalue weighted by Gasteiger charge is 2.34. The molecule has 0 fully saturated rings. The largest absolute Gasteiger partial charge is 0.492 e. The summed E-state index contributed by atoms with van der Waals surface area (Å²) >= 11 is 11.9. The van der Waals surface area contributed by atoms with E-state index in [4.69, 9.17) is 27.9 Å². The van der Waals surface area contributed by atoms with E-state index < -0.39 is 11.7 Å². The second-order valence-electron chi connectivity index (χ2n) is 5.43. The van der Waals surface area contributed by atoms with Gasteiger partial charge in [0.25, 0.3) is 11.7 Å². The van der Waals surface area contributed by atoms with Gasteiger partial charge in [-0.3, -0.25) is 9.59 Å². The molecule has 0 saturated carbocycles. The first-order valence-corrected chi connectivity index (χ1v) is 8.36. The number of halogens is 2. The Hall–Kier alpha value is -2.04. The van der Waals surface area contributed by atoms with Gasteiger partial charge in [0, 0.05) is 17.6 Å². The van der Waals surface area contributed by atoms with E-state index in [1.54, 1.807) is 36.4 Å². The summed E-state index contributed by atoms with van der Waals surface area (Å²) in [7, 11) is 0. The number of ketones is 1. The Bertz CT molecular complexity index is 792. The predicted octanol–water partition coefficient (Wildman–Crippen LogP) is 4.38. The lowest BCUT2D eigenvalue weighted by Crippen LogP contribution is -2.30. The molecule has 0 radical (unpaired) electrons. The SMILES string of the molecule is O=C1C(=O)N(CCCCOc2cc(Cl)ccc2Cl)c2ccccc21. The van der Waals surface area contributed by atoms with Crippen molar-refractivity contribution in [3.05, 3.63) is 58.1 Å². The van der Waals surface area contributed by atoms with Crippen LogP contribution in [0.2, 0.25) is 10.0 Å². The van der Waals surface area contributed by atoms with E-state index in [-0.39, 0.29) is 0 Å². The van der Waals surface area contributed by atoms with Crippen LogP contribution in [0.4, 0.5) is 5.69 Å². The fourth-order valence-electron chi connectivity index (χ4n) is 2.61. The average Bonchev–Trinajstić information content (AvgIpc) is 2.82. The van der Waals surface area contributed by atoms with Gasteiger partial charge in [-0.05, 0) is 37.1 Å². The second-order valence-corrected chi connectivity index (χ2v) is 6.28. The van der Waals surface area contributed by atoms with Crippen molar-refractivity contribution in [1.82, 2.24) is 0 Å². The van der Waals surface area contributed by atoms with Crippen molar-refractivity contribution in [2.75, 3.05) is 18.1 Å². The Kier molecular flexibility index (Phi) is 5.07. The molecule has 0 saturated heterocycles. The summed E-state index contributed by atoms with van der Waals surface area (Å²) in [6.07, 6.45) is 1.44. The van der Waals surface area contributed by atoms with Gasteiger partial charge in [0.2, 0.25) is 0 Å². The van der Waals surface area contributed by atoms with Crippen LogP contribution in [0.25, 0.3) is 0 Å². The van der Waals surface area contributed by atoms with Crippen molar-refractivity contribution < 1.29 is 14.3 Å². The van der Waals surface area contributed by atoms with E-state index in [1.165, 1.54) is 4.90 Å². The van der Waals surface area contributed by atoms with Gasteiger partial charge < -0.3 is 9.64 Å². The quantitative estimate of drug-likeness (QED) is 0.565. The Labute approximate surface area is 149 Å². The Balaban J connectivity index is 1.51. The zero-order chi connectivity index (χ0) is 17.1. The third-order valence-corrected chi connectivity index (χ3v) is 4.35. The maximum absolute atomic E-state index is 12.0. The first-order valence-electron chi connectivity index (χ1n) is 7.61. The van der Waals surface area contributed by atoms with Crippen LogP contribution in [0.1, 0.15) is 23.2 Å². The van der Waals surface area contributed by atoms with Crippen LogP contribution in [-0.2, 0) is 4.79 Å². The number of rotatable bonds is 6. The van der Waals surface area contributed by atoms with E-state index in [1.807, 2.05) is 6.07 Å². The van der Waals surface area contributed by atoms with Gasteiger partial charge in [-0.2, -0.15) is 0 Å². The van der Waals surface area contributed by atoms with Crippen molar-refractivity contribution in [3.63, 3.8) is 0 Å². The molecule has 0 aliphatic carbocycles. The van der Waals surface area contributed by atoms with Gasteiger partial charge in [-0.1, -0.05) is 35.3 Å². The molecule has 0 bridgehead atoms. The lowest BCUT2D eigenvalue weighted by molar-refractivity contribution is -0.114. The number of nitrogens with zero attached hydrogens (tertiary/aromatic N) is 1. The summed E-state index contributed by atoms with van der Waals surface area (Å²) in [4.78, 5) is 25.5. The van der Waals surface area contributed by atoms with Crippen molar-refractivity contribution in [3.8, 4) is 5.75 Å². The lowest BCUT2D eigenvalue weighted by atomic mass is 10.1. The minimum absolute atomic E-state index is 0.437. The lowest BCUT2D eigenvalue weighted by Gasteiger charge is -2.16. The summed E-state index contributed by atoms with van der Waals surface area (Å²) in [6, 6.07) is 12.1. The minimum Gasteiger partial charge on any atom is -0.492 e. The Morgan fingerprint density at radius 1 is 1.00 bits per heavy atom. The fraction of sp³-hybridized carbons (Fsp3) is 0.222. The van der Waals surface area contributed by atoms with Crippen molar-refractivity contribution >= 4 is 40.6 Å². The molecular weight excluding hydrogens is 349 g/mol. The molecule has 4 nitrogen and oxygen atoms in total. The van der Waals surface area contributed by atoms with Gasteiger partial charge in [0.05, 0.1) is 22.9 Å². The number of unbranched alkanes of at least 4 members (excludes halogenated alkanes) is 1. The van der Waals surface area contributed by atoms with E-state index in [0.717, 1.165) is 6.42 Å². The second kappa shape index (κ2) is 7.24. The summed E-state index contributed by atoms with van der Waals surface area (Å²) < 4.78 is 5.61. The number of hydrogen-bond acceptors (Lipinski definition) is 3. The maximum Gasteiger partial charge on any atom is 0.299 e. The number of carbonyl (C=O) groups is 2.